The minimum atomic E-state index is -0.109. The molecule has 4 nitrogen and oxygen atoms in total. The zero-order valence-corrected chi connectivity index (χ0v) is 16.7. The molecular formula is C23H31N3O. The number of nitrogens with zero attached hydrogens (tertiary/aromatic N) is 1. The van der Waals surface area contributed by atoms with E-state index in [9.17, 15) is 4.79 Å². The molecule has 27 heavy (non-hydrogen) atoms. The number of anilines is 1. The lowest BCUT2D eigenvalue weighted by Crippen LogP contribution is -2.39. The van der Waals surface area contributed by atoms with Crippen LogP contribution in [0.15, 0.2) is 42.5 Å². The van der Waals surface area contributed by atoms with Gasteiger partial charge in [0.15, 0.2) is 0 Å². The maximum absolute atomic E-state index is 12.2. The van der Waals surface area contributed by atoms with Gasteiger partial charge in [-0.05, 0) is 87.0 Å². The lowest BCUT2D eigenvalue weighted by Gasteiger charge is -2.32. The van der Waals surface area contributed by atoms with Crippen LogP contribution in [0, 0.1) is 26.7 Å². The number of piperidine rings is 1. The van der Waals surface area contributed by atoms with Gasteiger partial charge < -0.3 is 10.6 Å². The van der Waals surface area contributed by atoms with Crippen molar-refractivity contribution in [3.05, 3.63) is 64.7 Å². The summed E-state index contributed by atoms with van der Waals surface area (Å²) >= 11 is 0. The Morgan fingerprint density at radius 2 is 1.70 bits per heavy atom. The monoisotopic (exact) mass is 365 g/mol. The smallest absolute Gasteiger partial charge is 0.319 e. The predicted molar refractivity (Wildman–Crippen MR) is 112 cm³/mol. The van der Waals surface area contributed by atoms with Crippen LogP contribution in [0.4, 0.5) is 10.5 Å². The van der Waals surface area contributed by atoms with Crippen molar-refractivity contribution in [2.75, 3.05) is 25.0 Å². The number of urea groups is 1. The largest absolute Gasteiger partial charge is 0.338 e. The van der Waals surface area contributed by atoms with E-state index in [0.717, 1.165) is 55.8 Å². The van der Waals surface area contributed by atoms with Crippen molar-refractivity contribution >= 4 is 11.7 Å². The second-order valence-electron chi connectivity index (χ2n) is 7.86. The van der Waals surface area contributed by atoms with Gasteiger partial charge in [0.2, 0.25) is 0 Å². The van der Waals surface area contributed by atoms with Crippen LogP contribution < -0.4 is 10.6 Å². The van der Waals surface area contributed by atoms with Gasteiger partial charge >= 0.3 is 6.03 Å². The molecule has 0 atom stereocenters. The first kappa shape index (κ1) is 19.4. The van der Waals surface area contributed by atoms with Gasteiger partial charge in [0, 0.05) is 18.8 Å². The van der Waals surface area contributed by atoms with Crippen molar-refractivity contribution in [3.8, 4) is 0 Å². The van der Waals surface area contributed by atoms with Crippen molar-refractivity contribution in [1.29, 1.82) is 0 Å². The molecule has 2 amide bonds. The number of carbonyl (C=O) groups excluding carboxylic acids is 1. The first-order chi connectivity index (χ1) is 13.0. The molecule has 0 bridgehead atoms. The van der Waals surface area contributed by atoms with Gasteiger partial charge in [0.1, 0.15) is 0 Å². The lowest BCUT2D eigenvalue weighted by molar-refractivity contribution is 0.175. The topological polar surface area (TPSA) is 44.4 Å². The van der Waals surface area contributed by atoms with Crippen LogP contribution in [0.1, 0.15) is 35.1 Å². The highest BCUT2D eigenvalue weighted by molar-refractivity contribution is 5.89. The molecule has 144 valence electrons. The summed E-state index contributed by atoms with van der Waals surface area (Å²) < 4.78 is 0. The van der Waals surface area contributed by atoms with Gasteiger partial charge in [-0.2, -0.15) is 0 Å². The number of rotatable bonds is 5. The average Bonchev–Trinajstić information content (AvgIpc) is 2.62. The van der Waals surface area contributed by atoms with Gasteiger partial charge in [0.05, 0.1) is 0 Å². The van der Waals surface area contributed by atoms with Crippen LogP contribution in [0.3, 0.4) is 0 Å². The Kier molecular flexibility index (Phi) is 6.51. The van der Waals surface area contributed by atoms with Crippen LogP contribution in [-0.4, -0.2) is 30.6 Å². The summed E-state index contributed by atoms with van der Waals surface area (Å²) in [6.45, 7) is 10.2. The molecule has 1 aliphatic rings. The van der Waals surface area contributed by atoms with Gasteiger partial charge in [0.25, 0.3) is 0 Å². The molecule has 0 radical (unpaired) electrons. The molecule has 4 heteroatoms. The summed E-state index contributed by atoms with van der Waals surface area (Å²) in [4.78, 5) is 14.7. The number of aryl methyl sites for hydroxylation is 3. The normalized spacial score (nSPS) is 15.5. The van der Waals surface area contributed by atoms with Crippen LogP contribution in [-0.2, 0) is 6.54 Å². The zero-order chi connectivity index (χ0) is 19.2. The maximum Gasteiger partial charge on any atom is 0.319 e. The van der Waals surface area contributed by atoms with Gasteiger partial charge in [-0.15, -0.1) is 0 Å². The number of amides is 2. The SMILES string of the molecule is Cc1cc(C)cc(NC(=O)NCC2CCN(Cc3ccccc3C)CC2)c1. The van der Waals surface area contributed by atoms with E-state index < -0.39 is 0 Å². The molecule has 2 aromatic carbocycles. The summed E-state index contributed by atoms with van der Waals surface area (Å²) in [5, 5.41) is 6.00. The van der Waals surface area contributed by atoms with Crippen LogP contribution in [0.5, 0.6) is 0 Å². The van der Waals surface area contributed by atoms with E-state index in [0.29, 0.717) is 5.92 Å². The van der Waals surface area contributed by atoms with E-state index in [1.54, 1.807) is 0 Å². The second kappa shape index (κ2) is 9.05. The Morgan fingerprint density at radius 1 is 1.04 bits per heavy atom. The fourth-order valence-electron chi connectivity index (χ4n) is 3.84. The molecule has 1 heterocycles. The Balaban J connectivity index is 1.40. The molecule has 1 fully saturated rings. The van der Waals surface area contributed by atoms with Crippen LogP contribution >= 0.6 is 0 Å². The third-order valence-corrected chi connectivity index (χ3v) is 5.39. The van der Waals surface area contributed by atoms with Crippen LogP contribution in [0.2, 0.25) is 0 Å². The number of hydrogen-bond donors (Lipinski definition) is 2. The Morgan fingerprint density at radius 3 is 2.37 bits per heavy atom. The summed E-state index contributed by atoms with van der Waals surface area (Å²) in [6, 6.07) is 14.6. The molecule has 0 aromatic heterocycles. The molecule has 1 aliphatic heterocycles. The Labute approximate surface area is 163 Å². The van der Waals surface area contributed by atoms with E-state index in [4.69, 9.17) is 0 Å². The fourth-order valence-corrected chi connectivity index (χ4v) is 3.84. The molecule has 1 saturated heterocycles. The molecule has 0 unspecified atom stereocenters. The number of nitrogens with one attached hydrogen (secondary N) is 2. The third kappa shape index (κ3) is 5.83. The van der Waals surface area contributed by atoms with Crippen molar-refractivity contribution < 1.29 is 4.79 Å². The highest BCUT2D eigenvalue weighted by Crippen LogP contribution is 2.20. The molecule has 0 aliphatic carbocycles. The number of hydrogen-bond acceptors (Lipinski definition) is 2. The molecule has 0 spiro atoms. The molecule has 2 aromatic rings. The van der Waals surface area contributed by atoms with Crippen molar-refractivity contribution in [1.82, 2.24) is 10.2 Å². The fraction of sp³-hybridized carbons (Fsp3) is 0.435. The van der Waals surface area contributed by atoms with E-state index in [1.807, 2.05) is 26.0 Å². The number of likely N-dealkylation sites (tertiary alicyclic amines) is 1. The van der Waals surface area contributed by atoms with E-state index in [1.165, 1.54) is 11.1 Å². The predicted octanol–water partition coefficient (Wildman–Crippen LogP) is 4.65. The van der Waals surface area contributed by atoms with E-state index in [-0.39, 0.29) is 6.03 Å². The molecule has 3 rings (SSSR count). The summed E-state index contributed by atoms with van der Waals surface area (Å²) in [7, 11) is 0. The zero-order valence-electron chi connectivity index (χ0n) is 16.7. The Hall–Kier alpha value is -2.33. The van der Waals surface area contributed by atoms with Crippen molar-refractivity contribution in [2.45, 2.75) is 40.2 Å². The summed E-state index contributed by atoms with van der Waals surface area (Å²) in [5.74, 6) is 0.558. The summed E-state index contributed by atoms with van der Waals surface area (Å²) in [5.41, 5.74) is 5.96. The Bertz CT molecular complexity index is 759. The third-order valence-electron chi connectivity index (χ3n) is 5.39. The second-order valence-corrected chi connectivity index (χ2v) is 7.86. The first-order valence-electron chi connectivity index (χ1n) is 9.89. The van der Waals surface area contributed by atoms with E-state index in [2.05, 4.69) is 52.8 Å². The molecule has 2 N–H and O–H groups in total. The maximum atomic E-state index is 12.2. The standard InChI is InChI=1S/C23H31N3O/c1-17-12-18(2)14-22(13-17)25-23(27)24-15-20-8-10-26(11-9-20)16-21-7-5-4-6-19(21)3/h4-7,12-14,20H,8-11,15-16H2,1-3H3,(H2,24,25,27). The van der Waals surface area contributed by atoms with Crippen LogP contribution in [0.25, 0.3) is 0 Å². The van der Waals surface area contributed by atoms with Crippen molar-refractivity contribution in [3.63, 3.8) is 0 Å². The van der Waals surface area contributed by atoms with Gasteiger partial charge in [-0.3, -0.25) is 4.90 Å². The highest BCUT2D eigenvalue weighted by Gasteiger charge is 2.20. The number of benzene rings is 2. The minimum Gasteiger partial charge on any atom is -0.338 e. The van der Waals surface area contributed by atoms with E-state index >= 15 is 0 Å². The highest BCUT2D eigenvalue weighted by atomic mass is 16.2. The number of carbonyl (C=O) groups is 1. The quantitative estimate of drug-likeness (QED) is 0.810. The summed E-state index contributed by atoms with van der Waals surface area (Å²) in [6.07, 6.45) is 2.27. The molecular weight excluding hydrogens is 334 g/mol. The first-order valence-corrected chi connectivity index (χ1v) is 9.89. The molecule has 0 saturated carbocycles. The van der Waals surface area contributed by atoms with Crippen molar-refractivity contribution in [2.24, 2.45) is 5.92 Å². The lowest BCUT2D eigenvalue weighted by atomic mass is 9.96. The minimum absolute atomic E-state index is 0.109. The average molecular weight is 366 g/mol. The van der Waals surface area contributed by atoms with Gasteiger partial charge in [-0.25, -0.2) is 4.79 Å². The van der Waals surface area contributed by atoms with Gasteiger partial charge in [-0.1, -0.05) is 30.3 Å².